The summed E-state index contributed by atoms with van der Waals surface area (Å²) in [5.74, 6) is -0.832. The molecule has 0 aromatic rings. The maximum absolute atomic E-state index is 11.5. The molecule has 1 aliphatic heterocycles. The largest absolute Gasteiger partial charge is 0.394 e. The summed E-state index contributed by atoms with van der Waals surface area (Å²) in [6.45, 7) is 4.99. The van der Waals surface area contributed by atoms with Gasteiger partial charge in [0.05, 0.1) is 12.6 Å². The maximum atomic E-state index is 11.5. The minimum atomic E-state index is -0.396. The summed E-state index contributed by atoms with van der Waals surface area (Å²) < 4.78 is 0. The van der Waals surface area contributed by atoms with Crippen molar-refractivity contribution >= 4 is 11.8 Å². The molecule has 3 atom stereocenters. The van der Waals surface area contributed by atoms with Crippen LogP contribution in [0.2, 0.25) is 0 Å². The highest BCUT2D eigenvalue weighted by Crippen LogP contribution is 2.26. The van der Waals surface area contributed by atoms with Gasteiger partial charge in [-0.15, -0.1) is 0 Å². The van der Waals surface area contributed by atoms with Gasteiger partial charge < -0.3 is 5.11 Å². The summed E-state index contributed by atoms with van der Waals surface area (Å²) >= 11 is 0. The first-order chi connectivity index (χ1) is 6.00. The van der Waals surface area contributed by atoms with Gasteiger partial charge in [-0.2, -0.15) is 0 Å². The Bertz CT molecular complexity index is 219. The number of imide groups is 1. The highest BCUT2D eigenvalue weighted by molar-refractivity contribution is 6.05. The Labute approximate surface area is 77.5 Å². The Morgan fingerprint density at radius 2 is 1.69 bits per heavy atom. The first kappa shape index (κ1) is 10.2. The van der Waals surface area contributed by atoms with E-state index in [1.54, 1.807) is 20.8 Å². The van der Waals surface area contributed by atoms with Gasteiger partial charge in [-0.1, -0.05) is 13.8 Å². The zero-order valence-electron chi connectivity index (χ0n) is 8.15. The van der Waals surface area contributed by atoms with Crippen LogP contribution in [0.25, 0.3) is 0 Å². The number of amides is 2. The topological polar surface area (TPSA) is 57.6 Å². The molecule has 2 unspecified atom stereocenters. The van der Waals surface area contributed by atoms with E-state index in [1.807, 2.05) is 0 Å². The molecule has 0 spiro atoms. The molecule has 74 valence electrons. The van der Waals surface area contributed by atoms with E-state index in [2.05, 4.69) is 0 Å². The third-order valence-electron chi connectivity index (χ3n) is 2.71. The number of hydrogen-bond donors (Lipinski definition) is 1. The summed E-state index contributed by atoms with van der Waals surface area (Å²) in [7, 11) is 0. The Morgan fingerprint density at radius 3 is 2.00 bits per heavy atom. The zero-order chi connectivity index (χ0) is 10.2. The Morgan fingerprint density at radius 1 is 1.31 bits per heavy atom. The zero-order valence-corrected chi connectivity index (χ0v) is 8.15. The molecule has 1 heterocycles. The number of carbonyl (C=O) groups excluding carboxylic acids is 2. The minimum absolute atomic E-state index is 0.168. The van der Waals surface area contributed by atoms with Gasteiger partial charge in [0, 0.05) is 11.8 Å². The molecule has 0 bridgehead atoms. The lowest BCUT2D eigenvalue weighted by Gasteiger charge is -2.20. The molecule has 1 saturated heterocycles. The normalized spacial score (nSPS) is 31.2. The van der Waals surface area contributed by atoms with E-state index < -0.39 is 6.04 Å². The molecule has 0 aromatic carbocycles. The van der Waals surface area contributed by atoms with Gasteiger partial charge in [-0.25, -0.2) is 0 Å². The number of likely N-dealkylation sites (tertiary alicyclic amines) is 1. The Balaban J connectivity index is 2.87. The van der Waals surface area contributed by atoms with Gasteiger partial charge in [0.2, 0.25) is 11.8 Å². The highest BCUT2D eigenvalue weighted by Gasteiger charge is 2.43. The van der Waals surface area contributed by atoms with Crippen molar-refractivity contribution in [2.45, 2.75) is 26.8 Å². The van der Waals surface area contributed by atoms with Crippen LogP contribution in [0, 0.1) is 11.8 Å². The molecule has 0 radical (unpaired) electrons. The molecule has 1 rings (SSSR count). The van der Waals surface area contributed by atoms with Crippen molar-refractivity contribution < 1.29 is 14.7 Å². The third-order valence-corrected chi connectivity index (χ3v) is 2.71. The Hall–Kier alpha value is -0.900. The van der Waals surface area contributed by atoms with Crippen LogP contribution in [0.5, 0.6) is 0 Å². The third kappa shape index (κ3) is 1.46. The smallest absolute Gasteiger partial charge is 0.233 e. The van der Waals surface area contributed by atoms with Crippen LogP contribution in [-0.2, 0) is 9.59 Å². The van der Waals surface area contributed by atoms with E-state index in [1.165, 1.54) is 4.90 Å². The summed E-state index contributed by atoms with van der Waals surface area (Å²) in [5.41, 5.74) is 0. The van der Waals surface area contributed by atoms with Crippen molar-refractivity contribution in [3.63, 3.8) is 0 Å². The predicted octanol–water partition coefficient (Wildman–Crippen LogP) is 0.00820. The van der Waals surface area contributed by atoms with Crippen LogP contribution in [0.3, 0.4) is 0 Å². The van der Waals surface area contributed by atoms with Crippen LogP contribution in [-0.4, -0.2) is 34.5 Å². The average molecular weight is 185 g/mol. The number of nitrogens with zero attached hydrogens (tertiary/aromatic N) is 1. The van der Waals surface area contributed by atoms with Gasteiger partial charge in [-0.3, -0.25) is 14.5 Å². The standard InChI is InChI=1S/C9H15NO3/c1-5(4-11)10-8(12)6(2)7(3)9(10)13/h5-7,11H,4H2,1-3H3/t5-,6?,7?/m0/s1. The number of carbonyl (C=O) groups is 2. The molecule has 1 aliphatic rings. The number of aliphatic hydroxyl groups is 1. The summed E-state index contributed by atoms with van der Waals surface area (Å²) in [4.78, 5) is 24.2. The van der Waals surface area contributed by atoms with Crippen molar-refractivity contribution in [3.8, 4) is 0 Å². The predicted molar refractivity (Wildman–Crippen MR) is 46.7 cm³/mol. The molecule has 13 heavy (non-hydrogen) atoms. The van der Waals surface area contributed by atoms with Crippen molar-refractivity contribution in [2.24, 2.45) is 11.8 Å². The van der Waals surface area contributed by atoms with E-state index in [0.29, 0.717) is 0 Å². The molecule has 0 aromatic heterocycles. The first-order valence-electron chi connectivity index (χ1n) is 4.48. The average Bonchev–Trinajstić information content (AvgIpc) is 2.30. The van der Waals surface area contributed by atoms with Gasteiger partial charge in [-0.05, 0) is 6.92 Å². The van der Waals surface area contributed by atoms with Crippen molar-refractivity contribution in [3.05, 3.63) is 0 Å². The molecule has 0 saturated carbocycles. The SMILES string of the molecule is CC1C(=O)N([C@@H](C)CO)C(=O)C1C. The van der Waals surface area contributed by atoms with Crippen LogP contribution < -0.4 is 0 Å². The van der Waals surface area contributed by atoms with E-state index in [0.717, 1.165) is 0 Å². The molecule has 2 amide bonds. The second-order valence-electron chi connectivity index (χ2n) is 3.66. The van der Waals surface area contributed by atoms with Crippen molar-refractivity contribution in [1.82, 2.24) is 4.90 Å². The Kier molecular flexibility index (Phi) is 2.71. The summed E-state index contributed by atoms with van der Waals surface area (Å²) in [6, 6.07) is -0.396. The van der Waals surface area contributed by atoms with Gasteiger partial charge in [0.1, 0.15) is 0 Å². The van der Waals surface area contributed by atoms with Crippen molar-refractivity contribution in [2.75, 3.05) is 6.61 Å². The fourth-order valence-electron chi connectivity index (χ4n) is 1.49. The summed E-state index contributed by atoms with van der Waals surface area (Å²) in [5, 5.41) is 8.86. The second kappa shape index (κ2) is 3.46. The fourth-order valence-corrected chi connectivity index (χ4v) is 1.49. The van der Waals surface area contributed by atoms with Crippen LogP contribution in [0.4, 0.5) is 0 Å². The number of hydrogen-bond acceptors (Lipinski definition) is 3. The number of rotatable bonds is 2. The van der Waals surface area contributed by atoms with Gasteiger partial charge in [0.25, 0.3) is 0 Å². The molecule has 0 aliphatic carbocycles. The van der Waals surface area contributed by atoms with E-state index >= 15 is 0 Å². The lowest BCUT2D eigenvalue weighted by atomic mass is 10.00. The van der Waals surface area contributed by atoms with E-state index in [4.69, 9.17) is 5.11 Å². The second-order valence-corrected chi connectivity index (χ2v) is 3.66. The van der Waals surface area contributed by atoms with Crippen LogP contribution in [0.1, 0.15) is 20.8 Å². The van der Waals surface area contributed by atoms with E-state index in [-0.39, 0.29) is 30.3 Å². The first-order valence-corrected chi connectivity index (χ1v) is 4.48. The highest BCUT2D eigenvalue weighted by atomic mass is 16.3. The molecule has 1 fully saturated rings. The maximum Gasteiger partial charge on any atom is 0.233 e. The molecular formula is C9H15NO3. The van der Waals surface area contributed by atoms with Gasteiger partial charge in [0.15, 0.2) is 0 Å². The lowest BCUT2D eigenvalue weighted by molar-refractivity contribution is -0.143. The molecule has 4 heteroatoms. The number of aliphatic hydroxyl groups excluding tert-OH is 1. The fraction of sp³-hybridized carbons (Fsp3) is 0.778. The van der Waals surface area contributed by atoms with Gasteiger partial charge >= 0.3 is 0 Å². The minimum Gasteiger partial charge on any atom is -0.394 e. The molecule has 4 nitrogen and oxygen atoms in total. The van der Waals surface area contributed by atoms with Crippen LogP contribution in [0.15, 0.2) is 0 Å². The quantitative estimate of drug-likeness (QED) is 0.616. The molecular weight excluding hydrogens is 170 g/mol. The van der Waals surface area contributed by atoms with Crippen LogP contribution >= 0.6 is 0 Å². The lowest BCUT2D eigenvalue weighted by Crippen LogP contribution is -2.40. The van der Waals surface area contributed by atoms with Crippen molar-refractivity contribution in [1.29, 1.82) is 0 Å². The molecule has 1 N–H and O–H groups in total. The van der Waals surface area contributed by atoms with E-state index in [9.17, 15) is 9.59 Å². The summed E-state index contributed by atoms with van der Waals surface area (Å²) in [6.07, 6.45) is 0. The monoisotopic (exact) mass is 185 g/mol.